The van der Waals surface area contributed by atoms with Crippen LogP contribution in [0.15, 0.2) is 71.7 Å². The van der Waals surface area contributed by atoms with E-state index >= 15 is 0 Å². The molecule has 1 aliphatic rings. The van der Waals surface area contributed by atoms with E-state index in [4.69, 9.17) is 4.74 Å². The summed E-state index contributed by atoms with van der Waals surface area (Å²) >= 11 is 0. The summed E-state index contributed by atoms with van der Waals surface area (Å²) in [6.45, 7) is 1.66. The zero-order chi connectivity index (χ0) is 25.1. The van der Waals surface area contributed by atoms with E-state index in [-0.39, 0.29) is 6.42 Å². The molecule has 1 aliphatic heterocycles. The van der Waals surface area contributed by atoms with Crippen LogP contribution >= 0.6 is 0 Å². The van der Waals surface area contributed by atoms with E-state index in [2.05, 4.69) is 10.3 Å². The minimum Gasteiger partial charge on any atom is -0.497 e. The Morgan fingerprint density at radius 1 is 1.09 bits per heavy atom. The standard InChI is InChI=1S/C27H25F2N3O3/c1-16(13-17-11-12-21(28)22(29)14-17)26(33)31-25-27(34)32(2)23-10-5-4-9-20(23)24(30-25)18-7-6-8-19(15-18)35-3/h4-12,14-16,25H,13H2,1-3H3,(H,31,33)/t16-,25-/m1/s1. The van der Waals surface area contributed by atoms with Gasteiger partial charge in [-0.1, -0.05) is 43.3 Å². The van der Waals surface area contributed by atoms with Gasteiger partial charge in [-0.25, -0.2) is 13.8 Å². The van der Waals surface area contributed by atoms with Crippen LogP contribution in [-0.4, -0.2) is 37.8 Å². The van der Waals surface area contributed by atoms with Crippen molar-refractivity contribution in [3.63, 3.8) is 0 Å². The van der Waals surface area contributed by atoms with Crippen LogP contribution in [0, 0.1) is 17.6 Å². The molecule has 0 unspecified atom stereocenters. The number of para-hydroxylation sites is 1. The molecule has 0 fully saturated rings. The number of anilines is 1. The molecule has 0 bridgehead atoms. The van der Waals surface area contributed by atoms with Crippen molar-refractivity contribution >= 4 is 23.2 Å². The third kappa shape index (κ3) is 5.06. The van der Waals surface area contributed by atoms with Crippen LogP contribution in [0.4, 0.5) is 14.5 Å². The van der Waals surface area contributed by atoms with Crippen LogP contribution in [-0.2, 0) is 16.0 Å². The highest BCUT2D eigenvalue weighted by Crippen LogP contribution is 2.28. The maximum Gasteiger partial charge on any atom is 0.272 e. The lowest BCUT2D eigenvalue weighted by molar-refractivity contribution is -0.129. The van der Waals surface area contributed by atoms with E-state index in [1.807, 2.05) is 48.5 Å². The second kappa shape index (κ2) is 10.0. The van der Waals surface area contributed by atoms with E-state index in [0.717, 1.165) is 23.3 Å². The van der Waals surface area contributed by atoms with Gasteiger partial charge in [-0.3, -0.25) is 9.59 Å². The van der Waals surface area contributed by atoms with Gasteiger partial charge in [0.15, 0.2) is 11.6 Å². The van der Waals surface area contributed by atoms with Gasteiger partial charge in [0.25, 0.3) is 5.91 Å². The smallest absolute Gasteiger partial charge is 0.272 e. The Morgan fingerprint density at radius 2 is 1.86 bits per heavy atom. The number of methoxy groups -OCH3 is 1. The molecular weight excluding hydrogens is 452 g/mol. The number of fused-ring (bicyclic) bond motifs is 1. The second-order valence-electron chi connectivity index (χ2n) is 8.39. The molecule has 6 nitrogen and oxygen atoms in total. The summed E-state index contributed by atoms with van der Waals surface area (Å²) in [5, 5.41) is 2.73. The van der Waals surface area contributed by atoms with Crippen molar-refractivity contribution < 1.29 is 23.1 Å². The first-order valence-electron chi connectivity index (χ1n) is 11.1. The lowest BCUT2D eigenvalue weighted by Crippen LogP contribution is -2.47. The predicted octanol–water partition coefficient (Wildman–Crippen LogP) is 4.11. The minimum atomic E-state index is -1.17. The number of aliphatic imine (C=N–C) groups is 1. The van der Waals surface area contributed by atoms with Crippen LogP contribution in [0.1, 0.15) is 23.6 Å². The van der Waals surface area contributed by atoms with Crippen molar-refractivity contribution in [2.75, 3.05) is 19.1 Å². The van der Waals surface area contributed by atoms with Crippen molar-refractivity contribution in [3.05, 3.63) is 95.1 Å². The maximum absolute atomic E-state index is 13.6. The highest BCUT2D eigenvalue weighted by molar-refractivity contribution is 6.20. The molecule has 0 radical (unpaired) electrons. The fourth-order valence-electron chi connectivity index (χ4n) is 4.01. The summed E-state index contributed by atoms with van der Waals surface area (Å²) in [5.41, 5.74) is 3.14. The molecular formula is C27H25F2N3O3. The first-order valence-corrected chi connectivity index (χ1v) is 11.1. The van der Waals surface area contributed by atoms with Gasteiger partial charge < -0.3 is 15.0 Å². The Morgan fingerprint density at radius 3 is 2.60 bits per heavy atom. The second-order valence-corrected chi connectivity index (χ2v) is 8.39. The van der Waals surface area contributed by atoms with E-state index in [0.29, 0.717) is 22.7 Å². The number of likely N-dealkylation sites (N-methyl/N-ethyl adjacent to an activating group) is 1. The molecule has 0 saturated heterocycles. The Labute approximate surface area is 202 Å². The SMILES string of the molecule is COc1cccc(C2=N[C@H](NC(=O)[C@H](C)Cc3ccc(F)c(F)c3)C(=O)N(C)c3ccccc32)c1. The Bertz CT molecular complexity index is 1310. The summed E-state index contributed by atoms with van der Waals surface area (Å²) in [4.78, 5) is 32.5. The summed E-state index contributed by atoms with van der Waals surface area (Å²) in [6, 6.07) is 18.2. The summed E-state index contributed by atoms with van der Waals surface area (Å²) in [7, 11) is 3.20. The quantitative estimate of drug-likeness (QED) is 0.581. The molecule has 3 aromatic rings. The number of amides is 2. The summed E-state index contributed by atoms with van der Waals surface area (Å²) in [5.74, 6) is -2.73. The van der Waals surface area contributed by atoms with E-state index in [1.165, 1.54) is 11.0 Å². The number of nitrogens with one attached hydrogen (secondary N) is 1. The lowest BCUT2D eigenvalue weighted by atomic mass is 10.00. The number of rotatable bonds is 6. The first kappa shape index (κ1) is 24.1. The van der Waals surface area contributed by atoms with Crippen molar-refractivity contribution in [2.24, 2.45) is 10.9 Å². The molecule has 1 N–H and O–H groups in total. The number of ether oxygens (including phenoxy) is 1. The highest BCUT2D eigenvalue weighted by atomic mass is 19.2. The van der Waals surface area contributed by atoms with Gasteiger partial charge in [-0.2, -0.15) is 0 Å². The van der Waals surface area contributed by atoms with Crippen LogP contribution < -0.4 is 15.0 Å². The molecule has 2 amide bonds. The Kier molecular flexibility index (Phi) is 6.91. The number of nitrogens with zero attached hydrogens (tertiary/aromatic N) is 2. The van der Waals surface area contributed by atoms with Crippen molar-refractivity contribution in [1.82, 2.24) is 5.32 Å². The van der Waals surface area contributed by atoms with Crippen molar-refractivity contribution in [3.8, 4) is 5.75 Å². The topological polar surface area (TPSA) is 71.0 Å². The van der Waals surface area contributed by atoms with E-state index < -0.39 is 35.5 Å². The molecule has 0 saturated carbocycles. The third-order valence-corrected chi connectivity index (χ3v) is 5.94. The van der Waals surface area contributed by atoms with E-state index in [1.54, 1.807) is 21.1 Å². The average molecular weight is 478 g/mol. The third-order valence-electron chi connectivity index (χ3n) is 5.94. The number of benzene rings is 3. The van der Waals surface area contributed by atoms with Crippen molar-refractivity contribution in [2.45, 2.75) is 19.5 Å². The summed E-state index contributed by atoms with van der Waals surface area (Å²) in [6.07, 6.45) is -1.000. The van der Waals surface area contributed by atoms with Crippen LogP contribution in [0.2, 0.25) is 0 Å². The minimum absolute atomic E-state index is 0.173. The molecule has 0 aliphatic carbocycles. The molecule has 1 heterocycles. The number of hydrogen-bond donors (Lipinski definition) is 1. The normalized spacial score (nSPS) is 16.1. The Hall–Kier alpha value is -4.07. The predicted molar refractivity (Wildman–Crippen MR) is 130 cm³/mol. The largest absolute Gasteiger partial charge is 0.497 e. The number of hydrogen-bond acceptors (Lipinski definition) is 4. The molecule has 8 heteroatoms. The van der Waals surface area contributed by atoms with Gasteiger partial charge in [0.2, 0.25) is 12.1 Å². The maximum atomic E-state index is 13.6. The highest BCUT2D eigenvalue weighted by Gasteiger charge is 2.32. The fraction of sp³-hybridized carbons (Fsp3) is 0.222. The van der Waals surface area contributed by atoms with Gasteiger partial charge in [-0.05, 0) is 42.3 Å². The molecule has 0 spiro atoms. The van der Waals surface area contributed by atoms with Gasteiger partial charge in [0, 0.05) is 24.1 Å². The molecule has 4 rings (SSSR count). The molecule has 2 atom stereocenters. The molecule has 180 valence electrons. The van der Waals surface area contributed by atoms with Crippen molar-refractivity contribution in [1.29, 1.82) is 0 Å². The lowest BCUT2D eigenvalue weighted by Gasteiger charge is -2.22. The monoisotopic (exact) mass is 477 g/mol. The van der Waals surface area contributed by atoms with E-state index in [9.17, 15) is 18.4 Å². The number of benzodiazepines with no additional fused rings is 1. The van der Waals surface area contributed by atoms with Gasteiger partial charge >= 0.3 is 0 Å². The van der Waals surface area contributed by atoms with Gasteiger partial charge in [0.1, 0.15) is 5.75 Å². The zero-order valence-electron chi connectivity index (χ0n) is 19.6. The molecule has 3 aromatic carbocycles. The first-order chi connectivity index (χ1) is 16.8. The van der Waals surface area contributed by atoms with Gasteiger partial charge in [0.05, 0.1) is 18.5 Å². The van der Waals surface area contributed by atoms with Crippen LogP contribution in [0.5, 0.6) is 5.75 Å². The number of carbonyl (C=O) groups is 2. The average Bonchev–Trinajstić information content (AvgIpc) is 2.97. The van der Waals surface area contributed by atoms with Crippen LogP contribution in [0.3, 0.4) is 0 Å². The van der Waals surface area contributed by atoms with Gasteiger partial charge in [-0.15, -0.1) is 0 Å². The fourth-order valence-corrected chi connectivity index (χ4v) is 4.01. The summed E-state index contributed by atoms with van der Waals surface area (Å²) < 4.78 is 32.2. The Balaban J connectivity index is 1.66. The number of carbonyl (C=O) groups excluding carboxylic acids is 2. The zero-order valence-corrected chi connectivity index (χ0v) is 19.6. The van der Waals surface area contributed by atoms with Crippen LogP contribution in [0.25, 0.3) is 0 Å². The molecule has 0 aromatic heterocycles. The number of halogens is 2. The molecule has 35 heavy (non-hydrogen) atoms.